The maximum absolute atomic E-state index is 9.74. The van der Waals surface area contributed by atoms with Gasteiger partial charge in [0.1, 0.15) is 0 Å². The van der Waals surface area contributed by atoms with Gasteiger partial charge in [-0.05, 0) is 20.4 Å². The maximum atomic E-state index is 9.74. The van der Waals surface area contributed by atoms with Crippen LogP contribution in [0.4, 0.5) is 0 Å². The fourth-order valence-corrected chi connectivity index (χ4v) is 0.686. The van der Waals surface area contributed by atoms with E-state index in [-0.39, 0.29) is 19.5 Å². The summed E-state index contributed by atoms with van der Waals surface area (Å²) in [6.45, 7) is 2.77. The second-order valence-electron chi connectivity index (χ2n) is 2.34. The summed E-state index contributed by atoms with van der Waals surface area (Å²) in [6.07, 6.45) is 2.68. The first-order valence-electron chi connectivity index (χ1n) is 3.58. The fraction of sp³-hybridized carbons (Fsp3) is 0.857. The number of rotatable bonds is 6. The minimum absolute atomic E-state index is 0. The number of hydrogen-bond donors (Lipinski definition) is 1. The normalized spacial score (nSPS) is 11.5. The van der Waals surface area contributed by atoms with Crippen molar-refractivity contribution in [3.8, 4) is 0 Å². The molecule has 0 aromatic rings. The molecular weight excluding hydrogens is 231 g/mol. The van der Waals surface area contributed by atoms with Crippen molar-refractivity contribution in [1.82, 2.24) is 5.32 Å². The molecule has 3 nitrogen and oxygen atoms in total. The third-order valence-corrected chi connectivity index (χ3v) is 1.49. The molecule has 1 atom stereocenters. The Bertz CT molecular complexity index is 90.5. The van der Waals surface area contributed by atoms with E-state index in [4.69, 9.17) is 0 Å². The molecule has 0 aliphatic rings. The Morgan fingerprint density at radius 2 is 2.27 bits per heavy atom. The molecule has 0 aliphatic heterocycles. The van der Waals surface area contributed by atoms with Crippen LogP contribution in [0.2, 0.25) is 0 Å². The summed E-state index contributed by atoms with van der Waals surface area (Å²) >= 11 is 0. The predicted octanol–water partition coefficient (Wildman–Crippen LogP) is 0.902. The van der Waals surface area contributed by atoms with Gasteiger partial charge in [-0.3, -0.25) is 0 Å². The van der Waals surface area contributed by atoms with E-state index < -0.39 is 0 Å². The minimum Gasteiger partial charge on any atom is -0.656 e. The molecule has 0 saturated carbocycles. The topological polar surface area (TPSA) is 43.2 Å². The Morgan fingerprint density at radius 1 is 1.64 bits per heavy atom. The van der Waals surface area contributed by atoms with Crippen molar-refractivity contribution in [3.63, 3.8) is 0 Å². The molecule has 0 bridgehead atoms. The van der Waals surface area contributed by atoms with Gasteiger partial charge < -0.3 is 15.4 Å². The van der Waals surface area contributed by atoms with Crippen molar-refractivity contribution in [2.24, 2.45) is 0 Å². The molecule has 0 aromatic carbocycles. The van der Waals surface area contributed by atoms with Gasteiger partial charge in [0, 0.05) is 31.9 Å². The molecule has 11 heavy (non-hydrogen) atoms. The molecule has 0 aliphatic carbocycles. The molecule has 0 aromatic heterocycles. The third-order valence-electron chi connectivity index (χ3n) is 1.49. The second kappa shape index (κ2) is 10.1. The first kappa shape index (κ1) is 13.6. The largest absolute Gasteiger partial charge is 0.656 e. The molecule has 1 N–H and O–H groups in total. The number of nitrogens with zero attached hydrogens (tertiary/aromatic N) is 1. The van der Waals surface area contributed by atoms with Crippen molar-refractivity contribution < 1.29 is 24.3 Å². The number of carbonyl (C=O) groups excluding carboxylic acids is 1. The van der Waals surface area contributed by atoms with Crippen molar-refractivity contribution in [3.05, 3.63) is 5.32 Å². The molecule has 4 heteroatoms. The van der Waals surface area contributed by atoms with Crippen LogP contribution in [0.1, 0.15) is 19.8 Å². The number of nitrogens with one attached hydrogen (secondary N) is 1. The molecule has 69 valence electrons. The van der Waals surface area contributed by atoms with E-state index in [1.165, 1.54) is 0 Å². The Balaban J connectivity index is 0. The van der Waals surface area contributed by atoms with E-state index >= 15 is 0 Å². The molecule has 0 rings (SSSR count). The van der Waals surface area contributed by atoms with Gasteiger partial charge in [-0.2, -0.15) is 0 Å². The van der Waals surface area contributed by atoms with Crippen molar-refractivity contribution in [1.29, 1.82) is 0 Å². The van der Waals surface area contributed by atoms with Crippen LogP contribution in [0, 0.1) is 0 Å². The van der Waals surface area contributed by atoms with Crippen LogP contribution in [0.25, 0.3) is 5.32 Å². The average Bonchev–Trinajstić information content (AvgIpc) is 1.98. The maximum Gasteiger partial charge on any atom is 0.0368 e. The van der Waals surface area contributed by atoms with Crippen LogP contribution in [0.3, 0.4) is 0 Å². The molecule has 1 unspecified atom stereocenters. The van der Waals surface area contributed by atoms with E-state index in [2.05, 4.69) is 17.6 Å². The summed E-state index contributed by atoms with van der Waals surface area (Å²) in [5.74, 6) is 0. The van der Waals surface area contributed by atoms with Gasteiger partial charge in [0.05, 0.1) is 0 Å². The quantitative estimate of drug-likeness (QED) is 0.430. The van der Waals surface area contributed by atoms with Gasteiger partial charge in [-0.1, -0.05) is 6.42 Å². The van der Waals surface area contributed by atoms with Crippen LogP contribution < -0.4 is 5.32 Å². The zero-order chi connectivity index (χ0) is 7.82. The summed E-state index contributed by atoms with van der Waals surface area (Å²) in [5.41, 5.74) is 0. The zero-order valence-corrected chi connectivity index (χ0v) is 8.60. The smallest absolute Gasteiger partial charge is 0.0368 e. The zero-order valence-electron chi connectivity index (χ0n) is 6.96. The molecule has 0 saturated heterocycles. The first-order valence-corrected chi connectivity index (χ1v) is 3.58. The summed E-state index contributed by atoms with van der Waals surface area (Å²) in [5, 5.41) is 6.68. The minimum atomic E-state index is 0. The molecule has 0 spiro atoms. The molecular formula is C7H15N2ORh-. The van der Waals surface area contributed by atoms with Gasteiger partial charge in [0.2, 0.25) is 0 Å². The fourth-order valence-electron chi connectivity index (χ4n) is 0.686. The van der Waals surface area contributed by atoms with E-state index in [1.807, 2.05) is 7.05 Å². The third kappa shape index (κ3) is 10.1. The van der Waals surface area contributed by atoms with E-state index in [9.17, 15) is 4.79 Å². The number of carbonyl (C=O) groups is 1. The molecule has 1 amide bonds. The first-order chi connectivity index (χ1) is 4.81. The van der Waals surface area contributed by atoms with Gasteiger partial charge in [0.25, 0.3) is 0 Å². The summed E-state index contributed by atoms with van der Waals surface area (Å²) in [6, 6.07) is 0.529. The summed E-state index contributed by atoms with van der Waals surface area (Å²) in [7, 11) is 1.93. The Kier molecular flexibility index (Phi) is 12.5. The van der Waals surface area contributed by atoms with E-state index in [0.29, 0.717) is 19.0 Å². The Labute approximate surface area is 81.1 Å². The van der Waals surface area contributed by atoms with Gasteiger partial charge in [0.15, 0.2) is 0 Å². The van der Waals surface area contributed by atoms with Crippen LogP contribution in [-0.4, -0.2) is 26.0 Å². The van der Waals surface area contributed by atoms with Crippen LogP contribution >= 0.6 is 0 Å². The van der Waals surface area contributed by atoms with Crippen LogP contribution in [0.15, 0.2) is 0 Å². The number of amides is 1. The summed E-state index contributed by atoms with van der Waals surface area (Å²) < 4.78 is 0. The number of hydrogen-bond acceptors (Lipinski definition) is 2. The molecule has 0 fully saturated rings. The van der Waals surface area contributed by atoms with Crippen LogP contribution in [-0.2, 0) is 24.3 Å². The van der Waals surface area contributed by atoms with Crippen LogP contribution in [0.5, 0.6) is 0 Å². The molecule has 1 radical (unpaired) electrons. The van der Waals surface area contributed by atoms with E-state index in [0.717, 1.165) is 12.8 Å². The van der Waals surface area contributed by atoms with Crippen molar-refractivity contribution in [2.75, 3.05) is 13.6 Å². The Hall–Kier alpha value is 0.0534. The van der Waals surface area contributed by atoms with E-state index in [1.54, 1.807) is 0 Å². The monoisotopic (exact) mass is 246 g/mol. The molecule has 0 heterocycles. The van der Waals surface area contributed by atoms with Gasteiger partial charge >= 0.3 is 0 Å². The standard InChI is InChI=1S/C7H16N2O.Rh/c1-7(8-2)4-3-5-9-6-10;/h6-8H,3-5H2,1-2H3,(H,9,10);/p-1. The Morgan fingerprint density at radius 3 is 2.73 bits per heavy atom. The predicted molar refractivity (Wildman–Crippen MR) is 42.0 cm³/mol. The van der Waals surface area contributed by atoms with Crippen molar-refractivity contribution >= 4 is 6.41 Å². The second-order valence-corrected chi connectivity index (χ2v) is 2.34. The SMILES string of the molecule is CNC(C)CCC[N-]C=O.[Rh]. The summed E-state index contributed by atoms with van der Waals surface area (Å²) in [4.78, 5) is 9.74. The van der Waals surface area contributed by atoms with Gasteiger partial charge in [-0.15, -0.1) is 6.54 Å². The van der Waals surface area contributed by atoms with Crippen molar-refractivity contribution in [2.45, 2.75) is 25.8 Å². The average molecular weight is 246 g/mol. The van der Waals surface area contributed by atoms with Gasteiger partial charge in [-0.25, -0.2) is 0 Å².